The van der Waals surface area contributed by atoms with Gasteiger partial charge in [0.25, 0.3) is 6.01 Å². The molecule has 0 aliphatic rings. The van der Waals surface area contributed by atoms with E-state index < -0.39 is 0 Å². The van der Waals surface area contributed by atoms with Crippen LogP contribution in [0.2, 0.25) is 10.0 Å². The van der Waals surface area contributed by atoms with E-state index in [0.717, 1.165) is 17.7 Å². The second-order valence-corrected chi connectivity index (χ2v) is 7.76. The third-order valence-electron chi connectivity index (χ3n) is 4.37. The maximum absolute atomic E-state index is 9.03. The van der Waals surface area contributed by atoms with Crippen LogP contribution >= 0.6 is 34.8 Å². The summed E-state index contributed by atoms with van der Waals surface area (Å²) in [5, 5.41) is 13.1. The normalized spacial score (nSPS) is 12.0. The molecule has 0 saturated heterocycles. The molecule has 0 unspecified atom stereocenters. The molecule has 0 fully saturated rings. The van der Waals surface area contributed by atoms with Gasteiger partial charge in [-0.3, -0.25) is 0 Å². The first-order valence-corrected chi connectivity index (χ1v) is 10.4. The van der Waals surface area contributed by atoms with Crippen LogP contribution in [0.15, 0.2) is 47.0 Å². The van der Waals surface area contributed by atoms with Gasteiger partial charge < -0.3 is 19.6 Å². The average molecular weight is 456 g/mol. The van der Waals surface area contributed by atoms with Crippen LogP contribution in [0.25, 0.3) is 0 Å². The van der Waals surface area contributed by atoms with E-state index in [1.165, 1.54) is 11.8 Å². The standard InChI is InChI=1S/C21H21Cl3N2O3/c1-13(15-9-18(23)20(19(24)10-15)28-7-6-22)8-14-2-4-16(5-3-14)26-21-25-11-17(12-27)29-21/h2-5,9-11,13,27H,6-8,12H2,1H3,(H,25,26)/t13-/m1/s1. The second-order valence-electron chi connectivity index (χ2n) is 6.57. The number of halogens is 3. The number of hydrogen-bond donors (Lipinski definition) is 2. The fourth-order valence-electron chi connectivity index (χ4n) is 2.90. The third kappa shape index (κ3) is 5.80. The summed E-state index contributed by atoms with van der Waals surface area (Å²) in [6.07, 6.45) is 2.31. The van der Waals surface area contributed by atoms with E-state index in [4.69, 9.17) is 49.1 Å². The van der Waals surface area contributed by atoms with Crippen molar-refractivity contribution in [2.24, 2.45) is 0 Å². The first kappa shape index (κ1) is 21.8. The number of rotatable bonds is 9. The number of nitrogens with zero attached hydrogens (tertiary/aromatic N) is 1. The van der Waals surface area contributed by atoms with E-state index >= 15 is 0 Å². The molecular weight excluding hydrogens is 435 g/mol. The third-order valence-corrected chi connectivity index (χ3v) is 5.09. The number of anilines is 2. The highest BCUT2D eigenvalue weighted by atomic mass is 35.5. The van der Waals surface area contributed by atoms with Gasteiger partial charge in [-0.1, -0.05) is 42.3 Å². The molecule has 0 saturated carbocycles. The molecule has 0 spiro atoms. The van der Waals surface area contributed by atoms with E-state index in [2.05, 4.69) is 17.2 Å². The van der Waals surface area contributed by atoms with E-state index in [0.29, 0.717) is 40.1 Å². The predicted molar refractivity (Wildman–Crippen MR) is 117 cm³/mol. The Kier molecular flexibility index (Phi) is 7.67. The van der Waals surface area contributed by atoms with E-state index in [1.807, 2.05) is 36.4 Å². The molecule has 8 heteroatoms. The average Bonchev–Trinajstić information content (AvgIpc) is 3.16. The Bertz CT molecular complexity index is 922. The highest BCUT2D eigenvalue weighted by Crippen LogP contribution is 2.37. The van der Waals surface area contributed by atoms with Crippen molar-refractivity contribution in [2.75, 3.05) is 17.8 Å². The minimum atomic E-state index is -0.181. The zero-order chi connectivity index (χ0) is 20.8. The summed E-state index contributed by atoms with van der Waals surface area (Å²) in [7, 11) is 0. The van der Waals surface area contributed by atoms with Crippen molar-refractivity contribution >= 4 is 46.5 Å². The van der Waals surface area contributed by atoms with Gasteiger partial charge in [0.05, 0.1) is 22.1 Å². The summed E-state index contributed by atoms with van der Waals surface area (Å²) in [5.74, 6) is 1.46. The Labute approximate surface area is 184 Å². The van der Waals surface area contributed by atoms with Crippen LogP contribution < -0.4 is 10.1 Å². The highest BCUT2D eigenvalue weighted by molar-refractivity contribution is 6.37. The Balaban J connectivity index is 1.65. The van der Waals surface area contributed by atoms with Gasteiger partial charge >= 0.3 is 0 Å². The Morgan fingerprint density at radius 2 is 1.86 bits per heavy atom. The minimum absolute atomic E-state index is 0.181. The summed E-state index contributed by atoms with van der Waals surface area (Å²) in [5.41, 5.74) is 3.05. The summed E-state index contributed by atoms with van der Waals surface area (Å²) >= 11 is 18.3. The molecule has 3 aromatic rings. The largest absolute Gasteiger partial charge is 0.489 e. The number of hydrogen-bond acceptors (Lipinski definition) is 5. The maximum atomic E-state index is 9.03. The van der Waals surface area contributed by atoms with Crippen LogP contribution in [-0.2, 0) is 13.0 Å². The van der Waals surface area contributed by atoms with Gasteiger partial charge in [-0.15, -0.1) is 11.6 Å². The quantitative estimate of drug-likeness (QED) is 0.377. The van der Waals surface area contributed by atoms with Crippen molar-refractivity contribution in [3.05, 3.63) is 69.5 Å². The van der Waals surface area contributed by atoms with Gasteiger partial charge in [0, 0.05) is 5.69 Å². The smallest absolute Gasteiger partial charge is 0.299 e. The lowest BCUT2D eigenvalue weighted by molar-refractivity contribution is 0.249. The first-order chi connectivity index (χ1) is 14.0. The van der Waals surface area contributed by atoms with E-state index in [-0.39, 0.29) is 12.5 Å². The molecule has 0 amide bonds. The monoisotopic (exact) mass is 454 g/mol. The summed E-state index contributed by atoms with van der Waals surface area (Å²) in [6, 6.07) is 12.1. The van der Waals surface area contributed by atoms with Crippen LogP contribution in [0.4, 0.5) is 11.7 Å². The fraction of sp³-hybridized carbons (Fsp3) is 0.286. The molecule has 1 heterocycles. The second kappa shape index (κ2) is 10.2. The Morgan fingerprint density at radius 1 is 1.17 bits per heavy atom. The molecule has 2 aromatic carbocycles. The van der Waals surface area contributed by atoms with Crippen LogP contribution in [0.5, 0.6) is 5.75 Å². The van der Waals surface area contributed by atoms with Gasteiger partial charge in [-0.25, -0.2) is 4.98 Å². The van der Waals surface area contributed by atoms with Gasteiger partial charge in [-0.2, -0.15) is 0 Å². The number of oxazole rings is 1. The molecule has 3 rings (SSSR count). The number of nitrogens with one attached hydrogen (secondary N) is 1. The molecule has 29 heavy (non-hydrogen) atoms. The molecular formula is C21H21Cl3N2O3. The molecule has 2 N–H and O–H groups in total. The van der Waals surface area contributed by atoms with Gasteiger partial charge in [-0.05, 0) is 47.7 Å². The number of ether oxygens (including phenoxy) is 1. The molecule has 1 atom stereocenters. The Morgan fingerprint density at radius 3 is 2.45 bits per heavy atom. The maximum Gasteiger partial charge on any atom is 0.299 e. The lowest BCUT2D eigenvalue weighted by atomic mass is 9.93. The van der Waals surface area contributed by atoms with E-state index in [1.54, 1.807) is 0 Å². The van der Waals surface area contributed by atoms with Crippen molar-refractivity contribution in [1.82, 2.24) is 4.98 Å². The predicted octanol–water partition coefficient (Wildman–Crippen LogP) is 6.18. The Hall–Kier alpha value is -1.92. The van der Waals surface area contributed by atoms with Gasteiger partial charge in [0.15, 0.2) is 11.5 Å². The fourth-order valence-corrected chi connectivity index (χ4v) is 3.59. The van der Waals surface area contributed by atoms with Gasteiger partial charge in [0.1, 0.15) is 13.2 Å². The SMILES string of the molecule is C[C@H](Cc1ccc(Nc2ncc(CO)o2)cc1)c1cc(Cl)c(OCCCl)c(Cl)c1. The topological polar surface area (TPSA) is 67.5 Å². The van der Waals surface area contributed by atoms with E-state index in [9.17, 15) is 0 Å². The van der Waals surface area contributed by atoms with Gasteiger partial charge in [0.2, 0.25) is 0 Å². The molecule has 1 aromatic heterocycles. The molecule has 154 valence electrons. The highest BCUT2D eigenvalue weighted by Gasteiger charge is 2.14. The summed E-state index contributed by atoms with van der Waals surface area (Å²) < 4.78 is 10.8. The van der Waals surface area contributed by atoms with Crippen LogP contribution in [-0.4, -0.2) is 22.6 Å². The zero-order valence-electron chi connectivity index (χ0n) is 15.8. The van der Waals surface area contributed by atoms with Crippen molar-refractivity contribution in [3.8, 4) is 5.75 Å². The van der Waals surface area contributed by atoms with Crippen molar-refractivity contribution in [1.29, 1.82) is 0 Å². The van der Waals surface area contributed by atoms with Crippen molar-refractivity contribution in [3.63, 3.8) is 0 Å². The lowest BCUT2D eigenvalue weighted by Crippen LogP contribution is -2.02. The van der Waals surface area contributed by atoms with Crippen molar-refractivity contribution in [2.45, 2.75) is 25.9 Å². The van der Waals surface area contributed by atoms with Crippen LogP contribution in [0.3, 0.4) is 0 Å². The molecule has 0 aliphatic heterocycles. The zero-order valence-corrected chi connectivity index (χ0v) is 18.1. The number of aliphatic hydroxyl groups is 1. The van der Waals surface area contributed by atoms with Crippen molar-refractivity contribution < 1.29 is 14.3 Å². The number of aliphatic hydroxyl groups excluding tert-OH is 1. The molecule has 0 bridgehead atoms. The first-order valence-electron chi connectivity index (χ1n) is 9.09. The number of alkyl halides is 1. The lowest BCUT2D eigenvalue weighted by Gasteiger charge is -2.16. The molecule has 5 nitrogen and oxygen atoms in total. The van der Waals surface area contributed by atoms with Crippen LogP contribution in [0.1, 0.15) is 29.7 Å². The molecule has 0 radical (unpaired) electrons. The number of aromatic nitrogens is 1. The molecule has 0 aliphatic carbocycles. The minimum Gasteiger partial charge on any atom is -0.489 e. The number of benzene rings is 2. The summed E-state index contributed by atoms with van der Waals surface area (Å²) in [4.78, 5) is 4.05. The summed E-state index contributed by atoms with van der Waals surface area (Å²) in [6.45, 7) is 2.29. The van der Waals surface area contributed by atoms with Crippen LogP contribution in [0, 0.1) is 0 Å².